The fourth-order valence-corrected chi connectivity index (χ4v) is 3.42. The highest BCUT2D eigenvalue weighted by Crippen LogP contribution is 2.24. The van der Waals surface area contributed by atoms with Crippen LogP contribution in [-0.4, -0.2) is 17.9 Å². The summed E-state index contributed by atoms with van der Waals surface area (Å²) in [5.74, 6) is -1.08. The first-order chi connectivity index (χ1) is 14.7. The molecule has 0 spiro atoms. The van der Waals surface area contributed by atoms with Crippen molar-refractivity contribution in [3.05, 3.63) is 74.6 Å². The SMILES string of the molecule is CC(C)CC(NC(=O)c1cc2ccccc2oc1=O)C(=O)NNc1ccc(Cl)cc1Cl. The van der Waals surface area contributed by atoms with Gasteiger partial charge in [0, 0.05) is 10.4 Å². The van der Waals surface area contributed by atoms with Crippen LogP contribution in [0.2, 0.25) is 10.0 Å². The van der Waals surface area contributed by atoms with Gasteiger partial charge in [-0.3, -0.25) is 20.4 Å². The summed E-state index contributed by atoms with van der Waals surface area (Å²) in [5, 5.41) is 4.02. The minimum Gasteiger partial charge on any atom is -0.422 e. The summed E-state index contributed by atoms with van der Waals surface area (Å²) < 4.78 is 5.21. The van der Waals surface area contributed by atoms with Crippen molar-refractivity contribution >= 4 is 51.7 Å². The second-order valence-corrected chi connectivity index (χ2v) is 8.22. The van der Waals surface area contributed by atoms with E-state index in [2.05, 4.69) is 16.2 Å². The van der Waals surface area contributed by atoms with Crippen molar-refractivity contribution < 1.29 is 14.0 Å². The summed E-state index contributed by atoms with van der Waals surface area (Å²) in [4.78, 5) is 37.8. The average Bonchev–Trinajstić information content (AvgIpc) is 2.71. The molecule has 0 saturated heterocycles. The van der Waals surface area contributed by atoms with Gasteiger partial charge in [0.1, 0.15) is 17.2 Å². The second kappa shape index (κ2) is 9.85. The maximum absolute atomic E-state index is 12.8. The number of fused-ring (bicyclic) bond motifs is 1. The molecule has 31 heavy (non-hydrogen) atoms. The molecule has 1 heterocycles. The molecule has 0 aliphatic rings. The molecule has 3 N–H and O–H groups in total. The van der Waals surface area contributed by atoms with E-state index in [1.165, 1.54) is 12.1 Å². The molecule has 0 bridgehead atoms. The molecule has 1 unspecified atom stereocenters. The predicted octanol–water partition coefficient (Wildman–Crippen LogP) is 4.39. The van der Waals surface area contributed by atoms with Crippen LogP contribution in [0.5, 0.6) is 0 Å². The fraction of sp³-hybridized carbons (Fsp3) is 0.227. The molecular weight excluding hydrogens is 441 g/mol. The highest BCUT2D eigenvalue weighted by molar-refractivity contribution is 6.36. The van der Waals surface area contributed by atoms with Crippen molar-refractivity contribution in [1.82, 2.24) is 10.7 Å². The summed E-state index contributed by atoms with van der Waals surface area (Å²) >= 11 is 12.0. The second-order valence-electron chi connectivity index (χ2n) is 7.38. The highest BCUT2D eigenvalue weighted by atomic mass is 35.5. The van der Waals surface area contributed by atoms with E-state index < -0.39 is 23.5 Å². The zero-order chi connectivity index (χ0) is 22.5. The molecule has 1 atom stereocenters. The molecule has 162 valence electrons. The summed E-state index contributed by atoms with van der Waals surface area (Å²) in [6.45, 7) is 3.83. The van der Waals surface area contributed by atoms with Crippen LogP contribution in [0.3, 0.4) is 0 Å². The summed E-state index contributed by atoms with van der Waals surface area (Å²) in [6.07, 6.45) is 0.354. The predicted molar refractivity (Wildman–Crippen MR) is 121 cm³/mol. The van der Waals surface area contributed by atoms with E-state index >= 15 is 0 Å². The van der Waals surface area contributed by atoms with E-state index in [9.17, 15) is 14.4 Å². The highest BCUT2D eigenvalue weighted by Gasteiger charge is 2.24. The number of para-hydroxylation sites is 1. The number of hydrogen-bond donors (Lipinski definition) is 3. The molecule has 0 fully saturated rings. The number of carbonyl (C=O) groups excluding carboxylic acids is 2. The van der Waals surface area contributed by atoms with Crippen molar-refractivity contribution in [1.29, 1.82) is 0 Å². The van der Waals surface area contributed by atoms with Gasteiger partial charge in [-0.25, -0.2) is 4.79 Å². The molecule has 0 radical (unpaired) electrons. The normalized spacial score (nSPS) is 11.9. The minimum absolute atomic E-state index is 0.100. The van der Waals surface area contributed by atoms with Crippen LogP contribution >= 0.6 is 23.2 Å². The van der Waals surface area contributed by atoms with Gasteiger partial charge >= 0.3 is 5.63 Å². The van der Waals surface area contributed by atoms with Gasteiger partial charge in [-0.1, -0.05) is 55.2 Å². The summed E-state index contributed by atoms with van der Waals surface area (Å²) in [5.41, 5.74) is 5.14. The molecule has 1 aromatic heterocycles. The minimum atomic E-state index is -0.892. The van der Waals surface area contributed by atoms with Crippen molar-refractivity contribution in [2.45, 2.75) is 26.3 Å². The molecule has 0 aliphatic carbocycles. The largest absolute Gasteiger partial charge is 0.422 e. The van der Waals surface area contributed by atoms with Crippen molar-refractivity contribution in [3.63, 3.8) is 0 Å². The monoisotopic (exact) mass is 461 g/mol. The van der Waals surface area contributed by atoms with E-state index in [4.69, 9.17) is 27.6 Å². The molecule has 3 aromatic rings. The first-order valence-corrected chi connectivity index (χ1v) is 10.3. The lowest BCUT2D eigenvalue weighted by molar-refractivity contribution is -0.122. The molecule has 9 heteroatoms. The van der Waals surface area contributed by atoms with Gasteiger partial charge in [0.2, 0.25) is 0 Å². The first-order valence-electron chi connectivity index (χ1n) is 9.59. The number of hydrazine groups is 1. The Morgan fingerprint density at radius 2 is 1.81 bits per heavy atom. The number of nitrogens with one attached hydrogen (secondary N) is 3. The van der Waals surface area contributed by atoms with Crippen molar-refractivity contribution in [2.24, 2.45) is 5.92 Å². The molecule has 0 aliphatic heterocycles. The lowest BCUT2D eigenvalue weighted by atomic mass is 10.0. The van der Waals surface area contributed by atoms with Crippen LogP contribution in [0.4, 0.5) is 5.69 Å². The van der Waals surface area contributed by atoms with Crippen LogP contribution in [0.15, 0.2) is 57.7 Å². The van der Waals surface area contributed by atoms with Crippen LogP contribution in [0.1, 0.15) is 30.6 Å². The quantitative estimate of drug-likeness (QED) is 0.357. The molecule has 7 nitrogen and oxygen atoms in total. The van der Waals surface area contributed by atoms with Crippen LogP contribution in [-0.2, 0) is 4.79 Å². The van der Waals surface area contributed by atoms with E-state index in [0.29, 0.717) is 33.1 Å². The third-order valence-electron chi connectivity index (χ3n) is 4.47. The summed E-state index contributed by atoms with van der Waals surface area (Å²) in [7, 11) is 0. The maximum Gasteiger partial charge on any atom is 0.349 e. The topological polar surface area (TPSA) is 100 Å². The Hall–Kier alpha value is -3.03. The van der Waals surface area contributed by atoms with E-state index in [-0.39, 0.29) is 11.5 Å². The number of amides is 2. The zero-order valence-electron chi connectivity index (χ0n) is 16.9. The van der Waals surface area contributed by atoms with Crippen LogP contribution in [0.25, 0.3) is 11.0 Å². The number of hydrogen-bond acceptors (Lipinski definition) is 5. The van der Waals surface area contributed by atoms with Crippen molar-refractivity contribution in [3.8, 4) is 0 Å². The zero-order valence-corrected chi connectivity index (χ0v) is 18.4. The number of halogens is 2. The Morgan fingerprint density at radius 1 is 1.06 bits per heavy atom. The van der Waals surface area contributed by atoms with E-state index in [1.54, 1.807) is 36.4 Å². The smallest absolute Gasteiger partial charge is 0.349 e. The first kappa shape index (κ1) is 22.7. The number of rotatable bonds is 7. The summed E-state index contributed by atoms with van der Waals surface area (Å²) in [6, 6.07) is 12.2. The Bertz CT molecular complexity index is 1180. The van der Waals surface area contributed by atoms with Gasteiger partial charge in [-0.15, -0.1) is 0 Å². The van der Waals surface area contributed by atoms with Crippen molar-refractivity contribution in [2.75, 3.05) is 5.43 Å². The van der Waals surface area contributed by atoms with Gasteiger partial charge in [-0.05, 0) is 42.7 Å². The van der Waals surface area contributed by atoms with Gasteiger partial charge in [0.05, 0.1) is 10.7 Å². The molecule has 0 saturated carbocycles. The van der Waals surface area contributed by atoms with E-state index in [1.807, 2.05) is 13.8 Å². The Morgan fingerprint density at radius 3 is 2.52 bits per heavy atom. The lowest BCUT2D eigenvalue weighted by Gasteiger charge is -2.21. The van der Waals surface area contributed by atoms with E-state index in [0.717, 1.165) is 0 Å². The molecular formula is C22H21Cl2N3O4. The Balaban J connectivity index is 1.76. The molecule has 2 aromatic carbocycles. The van der Waals surface area contributed by atoms with Gasteiger partial charge in [0.15, 0.2) is 0 Å². The van der Waals surface area contributed by atoms with Gasteiger partial charge in [0.25, 0.3) is 11.8 Å². The lowest BCUT2D eigenvalue weighted by Crippen LogP contribution is -2.49. The Kier molecular flexibility index (Phi) is 7.20. The number of benzene rings is 2. The number of carbonyl (C=O) groups is 2. The average molecular weight is 462 g/mol. The molecule has 3 rings (SSSR count). The third kappa shape index (κ3) is 5.77. The molecule has 2 amide bonds. The third-order valence-corrected chi connectivity index (χ3v) is 5.01. The maximum atomic E-state index is 12.8. The van der Waals surface area contributed by atoms with Gasteiger partial charge in [-0.2, -0.15) is 0 Å². The fourth-order valence-electron chi connectivity index (χ4n) is 2.97. The van der Waals surface area contributed by atoms with Crippen LogP contribution in [0, 0.1) is 5.92 Å². The number of anilines is 1. The van der Waals surface area contributed by atoms with Gasteiger partial charge < -0.3 is 9.73 Å². The standard InChI is InChI=1S/C22H21Cl2N3O4/c1-12(2)9-18(21(29)27-26-17-8-7-14(23)11-16(17)24)25-20(28)15-10-13-5-3-4-6-19(13)31-22(15)30/h3-8,10-12,18,26H,9H2,1-2H3,(H,25,28)(H,27,29). The van der Waals surface area contributed by atoms with Crippen LogP contribution < -0.4 is 21.8 Å². The Labute approximate surface area is 188 Å².